The molecule has 0 bridgehead atoms. The van der Waals surface area contributed by atoms with Crippen molar-refractivity contribution in [2.24, 2.45) is 0 Å². The lowest BCUT2D eigenvalue weighted by Crippen LogP contribution is -2.29. The Balaban J connectivity index is 3.14. The zero-order chi connectivity index (χ0) is 14.8. The maximum absolute atomic E-state index is 12.6. The van der Waals surface area contributed by atoms with Gasteiger partial charge in [0.05, 0.1) is 16.3 Å². The standard InChI is InChI=1S/C10H8ClF3N2O3/c11-6-2-4(9(19)16-3-7(17)18)1-5(8(6)15)10(12,13)14/h1-2H,3,15H2,(H,16,19)(H,17,18). The van der Waals surface area contributed by atoms with Gasteiger partial charge in [-0.15, -0.1) is 0 Å². The molecule has 0 aliphatic heterocycles. The number of rotatable bonds is 3. The highest BCUT2D eigenvalue weighted by Gasteiger charge is 2.34. The Morgan fingerprint density at radius 1 is 1.37 bits per heavy atom. The van der Waals surface area contributed by atoms with Crippen LogP contribution in [0, 0.1) is 0 Å². The summed E-state index contributed by atoms with van der Waals surface area (Å²) >= 11 is 5.51. The van der Waals surface area contributed by atoms with Crippen LogP contribution in [0.4, 0.5) is 18.9 Å². The summed E-state index contributed by atoms with van der Waals surface area (Å²) in [6.07, 6.45) is -4.77. The van der Waals surface area contributed by atoms with Crippen molar-refractivity contribution in [2.75, 3.05) is 12.3 Å². The molecule has 0 spiro atoms. The van der Waals surface area contributed by atoms with E-state index >= 15 is 0 Å². The lowest BCUT2D eigenvalue weighted by atomic mass is 10.1. The second-order valence-electron chi connectivity index (χ2n) is 3.49. The zero-order valence-corrected chi connectivity index (χ0v) is 9.97. The molecule has 0 saturated carbocycles. The first-order chi connectivity index (χ1) is 8.62. The van der Waals surface area contributed by atoms with Crippen LogP contribution >= 0.6 is 11.6 Å². The van der Waals surface area contributed by atoms with Crippen molar-refractivity contribution in [1.82, 2.24) is 5.32 Å². The fourth-order valence-corrected chi connectivity index (χ4v) is 1.46. The lowest BCUT2D eigenvalue weighted by Gasteiger charge is -2.13. The molecule has 19 heavy (non-hydrogen) atoms. The van der Waals surface area contributed by atoms with Crippen molar-refractivity contribution in [3.8, 4) is 0 Å². The van der Waals surface area contributed by atoms with E-state index in [9.17, 15) is 22.8 Å². The number of nitrogens with two attached hydrogens (primary N) is 1. The summed E-state index contributed by atoms with van der Waals surface area (Å²) in [7, 11) is 0. The largest absolute Gasteiger partial charge is 0.480 e. The summed E-state index contributed by atoms with van der Waals surface area (Å²) in [5, 5.41) is 9.83. The van der Waals surface area contributed by atoms with Crippen LogP contribution in [0.1, 0.15) is 15.9 Å². The van der Waals surface area contributed by atoms with E-state index in [2.05, 4.69) is 0 Å². The van der Waals surface area contributed by atoms with Crippen LogP contribution in [0.15, 0.2) is 12.1 Å². The third-order valence-corrected chi connectivity index (χ3v) is 2.41. The van der Waals surface area contributed by atoms with Gasteiger partial charge in [-0.25, -0.2) is 0 Å². The Labute approximate surface area is 110 Å². The van der Waals surface area contributed by atoms with Gasteiger partial charge in [0.1, 0.15) is 6.54 Å². The van der Waals surface area contributed by atoms with Gasteiger partial charge in [-0.2, -0.15) is 13.2 Å². The van der Waals surface area contributed by atoms with Crippen molar-refractivity contribution in [2.45, 2.75) is 6.18 Å². The molecule has 0 fully saturated rings. The average Bonchev–Trinajstić information content (AvgIpc) is 2.27. The van der Waals surface area contributed by atoms with Gasteiger partial charge in [-0.1, -0.05) is 11.6 Å². The number of carboxylic acid groups (broad SMARTS) is 1. The first-order valence-electron chi connectivity index (χ1n) is 4.79. The van der Waals surface area contributed by atoms with E-state index in [1.807, 2.05) is 5.32 Å². The van der Waals surface area contributed by atoms with Gasteiger partial charge in [0.2, 0.25) is 0 Å². The summed E-state index contributed by atoms with van der Waals surface area (Å²) in [6, 6.07) is 1.45. The van der Waals surface area contributed by atoms with Crippen molar-refractivity contribution < 1.29 is 27.9 Å². The molecule has 1 aromatic rings. The van der Waals surface area contributed by atoms with Gasteiger partial charge >= 0.3 is 12.1 Å². The van der Waals surface area contributed by atoms with Crippen LogP contribution in [-0.2, 0) is 11.0 Å². The number of carbonyl (C=O) groups excluding carboxylic acids is 1. The number of alkyl halides is 3. The molecule has 4 N–H and O–H groups in total. The molecule has 0 aliphatic rings. The number of carboxylic acids is 1. The van der Waals surface area contributed by atoms with Gasteiger partial charge in [0.15, 0.2) is 0 Å². The Morgan fingerprint density at radius 2 is 1.95 bits per heavy atom. The molecular weight excluding hydrogens is 289 g/mol. The number of nitrogen functional groups attached to an aromatic ring is 1. The minimum atomic E-state index is -4.77. The van der Waals surface area contributed by atoms with E-state index in [0.717, 1.165) is 6.07 Å². The van der Waals surface area contributed by atoms with E-state index in [1.165, 1.54) is 0 Å². The molecule has 0 aliphatic carbocycles. The number of carbonyl (C=O) groups is 2. The highest BCUT2D eigenvalue weighted by Crippen LogP contribution is 2.37. The summed E-state index contributed by atoms with van der Waals surface area (Å²) in [6.45, 7) is -0.720. The third-order valence-electron chi connectivity index (χ3n) is 2.10. The van der Waals surface area contributed by atoms with Crippen molar-refractivity contribution in [3.05, 3.63) is 28.3 Å². The molecule has 0 radical (unpaired) electrons. The normalized spacial score (nSPS) is 11.2. The highest BCUT2D eigenvalue weighted by molar-refractivity contribution is 6.33. The Kier molecular flexibility index (Phi) is 4.25. The van der Waals surface area contributed by atoms with Crippen LogP contribution in [0.25, 0.3) is 0 Å². The SMILES string of the molecule is Nc1c(Cl)cc(C(=O)NCC(=O)O)cc1C(F)(F)F. The van der Waals surface area contributed by atoms with Gasteiger partial charge in [0.25, 0.3) is 5.91 Å². The first kappa shape index (κ1) is 15.1. The van der Waals surface area contributed by atoms with E-state index in [1.54, 1.807) is 0 Å². The van der Waals surface area contributed by atoms with Crippen molar-refractivity contribution >= 4 is 29.2 Å². The Hall–Kier alpha value is -1.96. The van der Waals surface area contributed by atoms with Crippen LogP contribution < -0.4 is 11.1 Å². The molecule has 1 aromatic carbocycles. The number of benzene rings is 1. The summed E-state index contributed by atoms with van der Waals surface area (Å²) in [4.78, 5) is 21.7. The maximum Gasteiger partial charge on any atom is 0.418 e. The molecule has 0 heterocycles. The lowest BCUT2D eigenvalue weighted by molar-refractivity contribution is -0.137. The smallest absolute Gasteiger partial charge is 0.418 e. The number of hydrogen-bond acceptors (Lipinski definition) is 3. The summed E-state index contributed by atoms with van der Waals surface area (Å²) in [5.41, 5.74) is 2.82. The number of halogens is 4. The van der Waals surface area contributed by atoms with E-state index in [-0.39, 0.29) is 0 Å². The molecule has 5 nitrogen and oxygen atoms in total. The molecule has 0 unspecified atom stereocenters. The number of anilines is 1. The molecular formula is C10H8ClF3N2O3. The number of hydrogen-bond donors (Lipinski definition) is 3. The minimum absolute atomic E-state index is 0.423. The van der Waals surface area contributed by atoms with Crippen LogP contribution in [0.2, 0.25) is 5.02 Å². The highest BCUT2D eigenvalue weighted by atomic mass is 35.5. The quantitative estimate of drug-likeness (QED) is 0.741. The second kappa shape index (κ2) is 5.35. The monoisotopic (exact) mass is 296 g/mol. The fourth-order valence-electron chi connectivity index (χ4n) is 1.24. The van der Waals surface area contributed by atoms with Crippen LogP contribution in [0.5, 0.6) is 0 Å². The third kappa shape index (κ3) is 3.75. The van der Waals surface area contributed by atoms with Crippen LogP contribution in [-0.4, -0.2) is 23.5 Å². The van der Waals surface area contributed by atoms with Gasteiger partial charge in [-0.3, -0.25) is 9.59 Å². The summed E-state index contributed by atoms with van der Waals surface area (Å²) in [5.74, 6) is -2.32. The minimum Gasteiger partial charge on any atom is -0.480 e. The second-order valence-corrected chi connectivity index (χ2v) is 3.90. The van der Waals surface area contributed by atoms with E-state index in [4.69, 9.17) is 22.4 Å². The predicted octanol–water partition coefficient (Wildman–Crippen LogP) is 1.76. The van der Waals surface area contributed by atoms with E-state index < -0.39 is 46.4 Å². The molecule has 1 amide bonds. The maximum atomic E-state index is 12.6. The Bertz CT molecular complexity index is 531. The Morgan fingerprint density at radius 3 is 2.42 bits per heavy atom. The molecule has 1 rings (SSSR count). The van der Waals surface area contributed by atoms with Crippen LogP contribution in [0.3, 0.4) is 0 Å². The number of amides is 1. The number of nitrogens with one attached hydrogen (secondary N) is 1. The van der Waals surface area contributed by atoms with Gasteiger partial charge in [0, 0.05) is 5.56 Å². The summed E-state index contributed by atoms with van der Waals surface area (Å²) < 4.78 is 37.9. The number of aliphatic carboxylic acids is 1. The molecule has 0 saturated heterocycles. The molecule has 0 aromatic heterocycles. The fraction of sp³-hybridized carbons (Fsp3) is 0.200. The first-order valence-corrected chi connectivity index (χ1v) is 5.17. The average molecular weight is 297 g/mol. The van der Waals surface area contributed by atoms with Gasteiger partial charge in [-0.05, 0) is 12.1 Å². The van der Waals surface area contributed by atoms with Crippen molar-refractivity contribution in [1.29, 1.82) is 0 Å². The zero-order valence-electron chi connectivity index (χ0n) is 9.21. The molecule has 104 valence electrons. The molecule has 9 heteroatoms. The van der Waals surface area contributed by atoms with Crippen molar-refractivity contribution in [3.63, 3.8) is 0 Å². The topological polar surface area (TPSA) is 92.4 Å². The van der Waals surface area contributed by atoms with E-state index in [0.29, 0.717) is 6.07 Å². The molecule has 0 atom stereocenters. The van der Waals surface area contributed by atoms with Gasteiger partial charge < -0.3 is 16.2 Å². The predicted molar refractivity (Wildman–Crippen MR) is 60.8 cm³/mol.